The number of carboxylic acids is 1. The number of aliphatic carboxylic acids is 1. The first kappa shape index (κ1) is 10.1. The summed E-state index contributed by atoms with van der Waals surface area (Å²) in [4.78, 5) is 20.0. The summed E-state index contributed by atoms with van der Waals surface area (Å²) in [5.41, 5.74) is -0.0329. The Morgan fingerprint density at radius 1 is 1.36 bits per heavy atom. The Hall–Kier alpha value is -1.95. The van der Waals surface area contributed by atoms with E-state index in [2.05, 4.69) is 0 Å². The number of rotatable bonds is 3. The van der Waals surface area contributed by atoms with Crippen LogP contribution in [0.2, 0.25) is 0 Å². The number of non-ortho nitro benzene ring substituents is 1. The van der Waals surface area contributed by atoms with Crippen LogP contribution in [0.4, 0.5) is 5.69 Å². The van der Waals surface area contributed by atoms with Crippen molar-refractivity contribution in [1.82, 2.24) is 0 Å². The van der Waals surface area contributed by atoms with Crippen LogP contribution in [-0.4, -0.2) is 21.1 Å². The minimum absolute atomic E-state index is 0.114. The first-order valence-electron chi connectivity index (χ1n) is 3.67. The minimum atomic E-state index is -1.64. The molecule has 1 atom stereocenters. The van der Waals surface area contributed by atoms with Crippen molar-refractivity contribution in [2.24, 2.45) is 0 Å². The van der Waals surface area contributed by atoms with Gasteiger partial charge in [0.2, 0.25) is 0 Å². The zero-order chi connectivity index (χ0) is 10.7. The Morgan fingerprint density at radius 3 is 2.21 bits per heavy atom. The number of carbonyl (C=O) groups is 1. The van der Waals surface area contributed by atoms with E-state index < -0.39 is 17.0 Å². The molecule has 0 heterocycles. The normalized spacial score (nSPS) is 12.1. The van der Waals surface area contributed by atoms with Crippen LogP contribution in [0.5, 0.6) is 0 Å². The van der Waals surface area contributed by atoms with Gasteiger partial charge >= 0.3 is 5.97 Å². The van der Waals surface area contributed by atoms with Crippen LogP contribution < -0.4 is 0 Å². The Morgan fingerprint density at radius 2 is 1.86 bits per heavy atom. The molecule has 0 saturated carbocycles. The van der Waals surface area contributed by atoms with E-state index in [1.54, 1.807) is 0 Å². The number of benzene rings is 1. The molecule has 0 fully saturated rings. The number of hydrogen-bond donors (Lipinski definition) is 2. The Kier molecular flexibility index (Phi) is 2.78. The lowest BCUT2D eigenvalue weighted by molar-refractivity contribution is -0.384. The lowest BCUT2D eigenvalue weighted by Gasteiger charge is -2.03. The van der Waals surface area contributed by atoms with Crippen molar-refractivity contribution in [2.45, 2.75) is 6.10 Å². The van der Waals surface area contributed by atoms with Gasteiger partial charge in [-0.2, -0.15) is 0 Å². The molecule has 1 aromatic carbocycles. The summed E-state index contributed by atoms with van der Waals surface area (Å²) in [6.07, 6.45) is -1.64. The maximum absolute atomic E-state index is 10.3. The zero-order valence-electron chi connectivity index (χ0n) is 6.95. The highest BCUT2D eigenvalue weighted by Crippen LogP contribution is 2.17. The molecule has 1 aromatic rings. The second-order valence-electron chi connectivity index (χ2n) is 2.59. The molecule has 0 bridgehead atoms. The molecule has 0 aliphatic rings. The van der Waals surface area contributed by atoms with E-state index >= 15 is 0 Å². The van der Waals surface area contributed by atoms with Crippen molar-refractivity contribution >= 4 is 11.7 Å². The van der Waals surface area contributed by atoms with E-state index in [4.69, 9.17) is 10.2 Å². The largest absolute Gasteiger partial charge is 0.479 e. The van der Waals surface area contributed by atoms with E-state index in [1.807, 2.05) is 0 Å². The third-order valence-corrected chi connectivity index (χ3v) is 1.65. The summed E-state index contributed by atoms with van der Waals surface area (Å²) in [5.74, 6) is -1.39. The van der Waals surface area contributed by atoms with Crippen molar-refractivity contribution in [3.05, 3.63) is 39.9 Å². The van der Waals surface area contributed by atoms with Crippen molar-refractivity contribution < 1.29 is 19.9 Å². The number of aliphatic hydroxyl groups excluding tert-OH is 1. The summed E-state index contributed by atoms with van der Waals surface area (Å²) >= 11 is 0. The number of carboxylic acid groups (broad SMARTS) is 1. The summed E-state index contributed by atoms with van der Waals surface area (Å²) in [6.45, 7) is 0. The van der Waals surface area contributed by atoms with Gasteiger partial charge in [0.1, 0.15) is 0 Å². The fraction of sp³-hybridized carbons (Fsp3) is 0.125. The minimum Gasteiger partial charge on any atom is -0.479 e. The first-order chi connectivity index (χ1) is 6.52. The molecule has 1 unspecified atom stereocenters. The number of nitro groups is 1. The van der Waals surface area contributed by atoms with Gasteiger partial charge in [0.25, 0.3) is 5.69 Å². The van der Waals surface area contributed by atoms with Gasteiger partial charge in [0.15, 0.2) is 6.10 Å². The lowest BCUT2D eigenvalue weighted by atomic mass is 10.1. The van der Waals surface area contributed by atoms with Crippen LogP contribution in [0, 0.1) is 10.1 Å². The second-order valence-corrected chi connectivity index (χ2v) is 2.59. The summed E-state index contributed by atoms with van der Waals surface area (Å²) in [5, 5.41) is 27.7. The van der Waals surface area contributed by atoms with E-state index in [-0.39, 0.29) is 11.3 Å². The summed E-state index contributed by atoms with van der Waals surface area (Å²) in [6, 6.07) is 4.69. The first-order valence-corrected chi connectivity index (χ1v) is 3.67. The van der Waals surface area contributed by atoms with Crippen LogP contribution in [0.3, 0.4) is 0 Å². The fourth-order valence-corrected chi connectivity index (χ4v) is 0.921. The topological polar surface area (TPSA) is 101 Å². The molecule has 14 heavy (non-hydrogen) atoms. The van der Waals surface area contributed by atoms with Gasteiger partial charge in [0.05, 0.1) is 4.92 Å². The molecule has 1 rings (SSSR count). The summed E-state index contributed by atoms with van der Waals surface area (Å²) in [7, 11) is 0. The SMILES string of the molecule is O=C(O)C(O)c1ccc([N+](=O)[O-])cc1. The van der Waals surface area contributed by atoms with Gasteiger partial charge in [0, 0.05) is 12.1 Å². The average molecular weight is 197 g/mol. The number of nitrogens with zero attached hydrogens (tertiary/aromatic N) is 1. The third-order valence-electron chi connectivity index (χ3n) is 1.65. The van der Waals surface area contributed by atoms with Gasteiger partial charge in [-0.05, 0) is 17.7 Å². The Balaban J connectivity index is 2.94. The van der Waals surface area contributed by atoms with Crippen molar-refractivity contribution in [3.63, 3.8) is 0 Å². The molecule has 0 aromatic heterocycles. The van der Waals surface area contributed by atoms with Crippen molar-refractivity contribution in [3.8, 4) is 0 Å². The number of nitro benzene ring substituents is 1. The van der Waals surface area contributed by atoms with Gasteiger partial charge in [-0.1, -0.05) is 0 Å². The van der Waals surface area contributed by atoms with E-state index in [1.165, 1.54) is 12.1 Å². The smallest absolute Gasteiger partial charge is 0.337 e. The molecule has 74 valence electrons. The fourth-order valence-electron chi connectivity index (χ4n) is 0.921. The molecule has 2 N–H and O–H groups in total. The van der Waals surface area contributed by atoms with Crippen LogP contribution in [0.15, 0.2) is 24.3 Å². The van der Waals surface area contributed by atoms with Crippen LogP contribution in [0.1, 0.15) is 11.7 Å². The number of aliphatic hydroxyl groups is 1. The Bertz CT molecular complexity index is 358. The highest BCUT2D eigenvalue weighted by atomic mass is 16.6. The molecule has 0 saturated heterocycles. The molecule has 0 spiro atoms. The van der Waals surface area contributed by atoms with Gasteiger partial charge in [-0.25, -0.2) is 4.79 Å². The average Bonchev–Trinajstić information content (AvgIpc) is 2.16. The van der Waals surface area contributed by atoms with Crippen molar-refractivity contribution in [2.75, 3.05) is 0 Å². The van der Waals surface area contributed by atoms with E-state index in [9.17, 15) is 14.9 Å². The highest BCUT2D eigenvalue weighted by molar-refractivity contribution is 5.74. The molecule has 0 amide bonds. The van der Waals surface area contributed by atoms with Gasteiger partial charge in [-0.15, -0.1) is 0 Å². The molecule has 0 aliphatic heterocycles. The molecule has 6 heteroatoms. The van der Waals surface area contributed by atoms with Crippen LogP contribution in [-0.2, 0) is 4.79 Å². The van der Waals surface area contributed by atoms with E-state index in [0.29, 0.717) is 0 Å². The summed E-state index contributed by atoms with van der Waals surface area (Å²) < 4.78 is 0. The molecule has 0 radical (unpaired) electrons. The third kappa shape index (κ3) is 2.05. The van der Waals surface area contributed by atoms with Crippen molar-refractivity contribution in [1.29, 1.82) is 0 Å². The molecular formula is C8H7NO5. The molecular weight excluding hydrogens is 190 g/mol. The standard InChI is InChI=1S/C8H7NO5/c10-7(8(11)12)5-1-3-6(4-2-5)9(13)14/h1-4,7,10H,(H,11,12). The predicted molar refractivity (Wildman–Crippen MR) is 45.7 cm³/mol. The maximum atomic E-state index is 10.3. The molecule has 0 aliphatic carbocycles. The maximum Gasteiger partial charge on any atom is 0.337 e. The lowest BCUT2D eigenvalue weighted by Crippen LogP contribution is -2.10. The second kappa shape index (κ2) is 3.84. The monoisotopic (exact) mass is 197 g/mol. The van der Waals surface area contributed by atoms with Gasteiger partial charge < -0.3 is 10.2 Å². The van der Waals surface area contributed by atoms with Crippen LogP contribution >= 0.6 is 0 Å². The highest BCUT2D eigenvalue weighted by Gasteiger charge is 2.16. The van der Waals surface area contributed by atoms with Gasteiger partial charge in [-0.3, -0.25) is 10.1 Å². The van der Waals surface area contributed by atoms with E-state index in [0.717, 1.165) is 12.1 Å². The zero-order valence-corrected chi connectivity index (χ0v) is 6.95. The predicted octanol–water partition coefficient (Wildman–Crippen LogP) is 0.713. The quantitative estimate of drug-likeness (QED) is 0.549. The van der Waals surface area contributed by atoms with Crippen LogP contribution in [0.25, 0.3) is 0 Å². The molecule has 6 nitrogen and oxygen atoms in total. The number of hydrogen-bond acceptors (Lipinski definition) is 4. The Labute approximate surface area is 78.6 Å².